The molecule has 5 heteroatoms. The lowest BCUT2D eigenvalue weighted by atomic mass is 9.79. The molecule has 1 saturated heterocycles. The van der Waals surface area contributed by atoms with Crippen LogP contribution in [0, 0.1) is 17.3 Å². The maximum Gasteiger partial charge on any atom is 0.228 e. The van der Waals surface area contributed by atoms with Crippen molar-refractivity contribution < 1.29 is 9.59 Å². The number of pyridine rings is 1. The van der Waals surface area contributed by atoms with Crippen molar-refractivity contribution in [3.8, 4) is 11.1 Å². The third kappa shape index (κ3) is 4.04. The first-order valence-electron chi connectivity index (χ1n) is 10.6. The highest BCUT2D eigenvalue weighted by Crippen LogP contribution is 2.42. The lowest BCUT2D eigenvalue weighted by molar-refractivity contribution is -0.134. The molecule has 1 saturated carbocycles. The molecular formula is C24H29N3O2. The second-order valence-electron chi connectivity index (χ2n) is 8.59. The zero-order chi connectivity index (χ0) is 20.4. The van der Waals surface area contributed by atoms with Crippen LogP contribution in [0.15, 0.2) is 48.8 Å². The Morgan fingerprint density at radius 2 is 2.03 bits per heavy atom. The average molecular weight is 392 g/mol. The van der Waals surface area contributed by atoms with Crippen molar-refractivity contribution >= 4 is 11.8 Å². The Morgan fingerprint density at radius 1 is 1.24 bits per heavy atom. The first kappa shape index (κ1) is 19.6. The maximum absolute atomic E-state index is 13.1. The Labute approximate surface area is 172 Å². The summed E-state index contributed by atoms with van der Waals surface area (Å²) in [5.74, 6) is 0.936. The average Bonchev–Trinajstić information content (AvgIpc) is 3.31. The van der Waals surface area contributed by atoms with Crippen molar-refractivity contribution in [3.05, 3.63) is 54.4 Å². The molecule has 0 radical (unpaired) electrons. The molecule has 2 aromatic rings. The maximum atomic E-state index is 13.1. The molecule has 2 heterocycles. The molecule has 0 bridgehead atoms. The van der Waals surface area contributed by atoms with E-state index < -0.39 is 5.41 Å². The largest absolute Gasteiger partial charge is 0.356 e. The summed E-state index contributed by atoms with van der Waals surface area (Å²) in [5.41, 5.74) is 2.72. The molecule has 2 amide bonds. The van der Waals surface area contributed by atoms with E-state index >= 15 is 0 Å². The van der Waals surface area contributed by atoms with Crippen LogP contribution in [-0.2, 0) is 16.0 Å². The van der Waals surface area contributed by atoms with Crippen LogP contribution < -0.4 is 5.32 Å². The highest BCUT2D eigenvalue weighted by Gasteiger charge is 2.49. The number of nitrogens with one attached hydrogen (secondary N) is 1. The predicted molar refractivity (Wildman–Crippen MR) is 113 cm³/mol. The summed E-state index contributed by atoms with van der Waals surface area (Å²) >= 11 is 0. The first-order chi connectivity index (χ1) is 14.0. The number of hydrogen-bond donors (Lipinski definition) is 1. The monoisotopic (exact) mass is 391 g/mol. The minimum Gasteiger partial charge on any atom is -0.356 e. The van der Waals surface area contributed by atoms with Gasteiger partial charge in [-0.25, -0.2) is 0 Å². The van der Waals surface area contributed by atoms with E-state index in [4.69, 9.17) is 0 Å². The number of rotatable bonds is 6. The molecule has 5 nitrogen and oxygen atoms in total. The van der Waals surface area contributed by atoms with Crippen LogP contribution in [0.4, 0.5) is 0 Å². The number of carbonyl (C=O) groups is 2. The third-order valence-corrected chi connectivity index (χ3v) is 6.38. The van der Waals surface area contributed by atoms with Crippen molar-refractivity contribution in [2.45, 2.75) is 33.1 Å². The predicted octanol–water partition coefficient (Wildman–Crippen LogP) is 3.30. The zero-order valence-corrected chi connectivity index (χ0v) is 17.2. The number of nitrogens with zero attached hydrogens (tertiary/aromatic N) is 2. The van der Waals surface area contributed by atoms with Crippen LogP contribution in [-0.4, -0.2) is 41.3 Å². The first-order valence-corrected chi connectivity index (χ1v) is 10.6. The summed E-state index contributed by atoms with van der Waals surface area (Å²) in [6.07, 6.45) is 5.95. The second-order valence-corrected chi connectivity index (χ2v) is 8.59. The number of likely N-dealkylation sites (tertiary alicyclic amines) is 1. The molecule has 1 aliphatic heterocycles. The zero-order valence-electron chi connectivity index (χ0n) is 17.2. The Bertz CT molecular complexity index is 898. The lowest BCUT2D eigenvalue weighted by Crippen LogP contribution is -2.45. The topological polar surface area (TPSA) is 62.3 Å². The van der Waals surface area contributed by atoms with Gasteiger partial charge in [0.2, 0.25) is 11.8 Å². The Kier molecular flexibility index (Phi) is 5.39. The minimum absolute atomic E-state index is 0.0610. The summed E-state index contributed by atoms with van der Waals surface area (Å²) in [4.78, 5) is 32.0. The SMILES string of the molecule is CCNC(=O)[C@]1(Cc2cccc(-c3cccnc3)c2)CCN(C(=O)[C@@H]2C[C@H]2C)C1. The summed E-state index contributed by atoms with van der Waals surface area (Å²) in [7, 11) is 0. The van der Waals surface area contributed by atoms with Crippen LogP contribution in [0.1, 0.15) is 32.3 Å². The van der Waals surface area contributed by atoms with E-state index in [2.05, 4.69) is 35.4 Å². The van der Waals surface area contributed by atoms with Crippen LogP contribution in [0.5, 0.6) is 0 Å². The Morgan fingerprint density at radius 3 is 2.72 bits per heavy atom. The number of hydrogen-bond acceptors (Lipinski definition) is 3. The molecular weight excluding hydrogens is 362 g/mol. The molecule has 2 fully saturated rings. The van der Waals surface area contributed by atoms with E-state index in [0.29, 0.717) is 38.4 Å². The molecule has 1 N–H and O–H groups in total. The van der Waals surface area contributed by atoms with E-state index in [1.807, 2.05) is 36.2 Å². The third-order valence-electron chi connectivity index (χ3n) is 6.38. The molecule has 4 rings (SSSR count). The number of amides is 2. The van der Waals surface area contributed by atoms with Gasteiger partial charge in [0.1, 0.15) is 0 Å². The Balaban J connectivity index is 1.57. The van der Waals surface area contributed by atoms with E-state index in [0.717, 1.165) is 23.1 Å². The summed E-state index contributed by atoms with van der Waals surface area (Å²) in [6.45, 7) is 5.85. The van der Waals surface area contributed by atoms with Gasteiger partial charge in [-0.1, -0.05) is 37.3 Å². The second kappa shape index (κ2) is 7.97. The van der Waals surface area contributed by atoms with Crippen LogP contribution in [0.25, 0.3) is 11.1 Å². The van der Waals surface area contributed by atoms with Gasteiger partial charge < -0.3 is 10.2 Å². The number of aromatic nitrogens is 1. The quantitative estimate of drug-likeness (QED) is 0.822. The molecule has 1 aromatic heterocycles. The summed E-state index contributed by atoms with van der Waals surface area (Å²) in [5, 5.41) is 3.02. The van der Waals surface area contributed by atoms with Crippen molar-refractivity contribution in [2.24, 2.45) is 17.3 Å². The van der Waals surface area contributed by atoms with E-state index in [1.54, 1.807) is 6.20 Å². The molecule has 3 atom stereocenters. The van der Waals surface area contributed by atoms with Gasteiger partial charge >= 0.3 is 0 Å². The fraction of sp³-hybridized carbons (Fsp3) is 0.458. The van der Waals surface area contributed by atoms with Gasteiger partial charge in [-0.05, 0) is 54.9 Å². The smallest absolute Gasteiger partial charge is 0.228 e. The van der Waals surface area contributed by atoms with Crippen molar-refractivity contribution in [2.75, 3.05) is 19.6 Å². The molecule has 29 heavy (non-hydrogen) atoms. The van der Waals surface area contributed by atoms with Crippen molar-refractivity contribution in [3.63, 3.8) is 0 Å². The molecule has 2 aliphatic rings. The lowest BCUT2D eigenvalue weighted by Gasteiger charge is -2.28. The molecule has 1 aliphatic carbocycles. The molecule has 0 spiro atoms. The summed E-state index contributed by atoms with van der Waals surface area (Å²) < 4.78 is 0. The van der Waals surface area contributed by atoms with E-state index in [1.165, 1.54) is 0 Å². The number of carbonyl (C=O) groups excluding carboxylic acids is 2. The molecule has 152 valence electrons. The normalized spacial score (nSPS) is 25.7. The van der Waals surface area contributed by atoms with E-state index in [9.17, 15) is 9.59 Å². The van der Waals surface area contributed by atoms with Crippen LogP contribution in [0.3, 0.4) is 0 Å². The fourth-order valence-corrected chi connectivity index (χ4v) is 4.50. The Hall–Kier alpha value is -2.69. The fourth-order valence-electron chi connectivity index (χ4n) is 4.50. The van der Waals surface area contributed by atoms with Crippen molar-refractivity contribution in [1.82, 2.24) is 15.2 Å². The van der Waals surface area contributed by atoms with Crippen LogP contribution >= 0.6 is 0 Å². The number of benzene rings is 1. The standard InChI is InChI=1S/C24H29N3O2/c1-3-26-23(29)24(9-11-27(16-24)22(28)21-12-17(21)2)14-18-6-4-7-19(13-18)20-8-5-10-25-15-20/h4-8,10,13,15,17,21H,3,9,11-12,14,16H2,1-2H3,(H,26,29)/t17-,21-,24+/m1/s1. The molecule has 0 unspecified atom stereocenters. The van der Waals surface area contributed by atoms with Gasteiger partial charge in [0.25, 0.3) is 0 Å². The van der Waals surface area contributed by atoms with Crippen molar-refractivity contribution in [1.29, 1.82) is 0 Å². The van der Waals surface area contributed by atoms with Gasteiger partial charge in [-0.15, -0.1) is 0 Å². The minimum atomic E-state index is -0.558. The van der Waals surface area contributed by atoms with Gasteiger partial charge in [-0.3, -0.25) is 14.6 Å². The summed E-state index contributed by atoms with van der Waals surface area (Å²) in [6, 6.07) is 12.3. The highest BCUT2D eigenvalue weighted by atomic mass is 16.2. The van der Waals surface area contributed by atoms with Gasteiger partial charge in [0.05, 0.1) is 5.41 Å². The van der Waals surface area contributed by atoms with Gasteiger partial charge in [0.15, 0.2) is 0 Å². The van der Waals surface area contributed by atoms with Gasteiger partial charge in [-0.2, -0.15) is 0 Å². The van der Waals surface area contributed by atoms with Crippen LogP contribution in [0.2, 0.25) is 0 Å². The highest BCUT2D eigenvalue weighted by molar-refractivity contribution is 5.87. The molecule has 1 aromatic carbocycles. The van der Waals surface area contributed by atoms with E-state index in [-0.39, 0.29) is 17.7 Å². The van der Waals surface area contributed by atoms with Gasteiger partial charge in [0, 0.05) is 37.9 Å².